The summed E-state index contributed by atoms with van der Waals surface area (Å²) in [7, 11) is 0. The van der Waals surface area contributed by atoms with Gasteiger partial charge in [-0.1, -0.05) is 22.6 Å². The molecular formula is C6H8IN3O4. The number of carbonyl (C=O) groups excluding carboxylic acids is 2. The van der Waals surface area contributed by atoms with E-state index in [9.17, 15) is 14.4 Å². The highest BCUT2D eigenvalue weighted by molar-refractivity contribution is 14.1. The van der Waals surface area contributed by atoms with Gasteiger partial charge in [0, 0.05) is 0 Å². The second-order valence-corrected chi connectivity index (χ2v) is 3.31. The monoisotopic (exact) mass is 313 g/mol. The van der Waals surface area contributed by atoms with Crippen LogP contribution in [0.4, 0.5) is 9.59 Å². The summed E-state index contributed by atoms with van der Waals surface area (Å²) in [4.78, 5) is 33.6. The molecule has 1 aliphatic rings. The molecule has 1 heterocycles. The van der Waals surface area contributed by atoms with E-state index in [0.717, 1.165) is 4.90 Å². The van der Waals surface area contributed by atoms with Crippen molar-refractivity contribution in [2.45, 2.75) is 6.17 Å². The fraction of sp³-hybridized carbons (Fsp3) is 0.500. The number of carbonyl (C=O) groups is 3. The number of halogens is 1. The first-order chi connectivity index (χ1) is 6.56. The van der Waals surface area contributed by atoms with Crippen molar-refractivity contribution in [2.75, 3.05) is 11.0 Å². The van der Waals surface area contributed by atoms with Crippen molar-refractivity contribution in [3.05, 3.63) is 0 Å². The van der Waals surface area contributed by atoms with E-state index in [1.54, 1.807) is 0 Å². The highest BCUT2D eigenvalue weighted by atomic mass is 127. The Morgan fingerprint density at radius 2 is 2.36 bits per heavy atom. The van der Waals surface area contributed by atoms with Crippen molar-refractivity contribution in [1.82, 2.24) is 15.5 Å². The quantitative estimate of drug-likeness (QED) is 0.476. The number of imide groups is 1. The highest BCUT2D eigenvalue weighted by Gasteiger charge is 2.35. The number of amides is 4. The lowest BCUT2D eigenvalue weighted by molar-refractivity contribution is -0.126. The van der Waals surface area contributed by atoms with Crippen LogP contribution in [0.25, 0.3) is 0 Å². The maximum absolute atomic E-state index is 11.2. The average molecular weight is 313 g/mol. The van der Waals surface area contributed by atoms with E-state index in [-0.39, 0.29) is 11.0 Å². The minimum atomic E-state index is -1.27. The van der Waals surface area contributed by atoms with Crippen LogP contribution in [0.5, 0.6) is 0 Å². The molecule has 0 spiro atoms. The zero-order valence-electron chi connectivity index (χ0n) is 6.99. The first-order valence-electron chi connectivity index (χ1n) is 3.71. The summed E-state index contributed by atoms with van der Waals surface area (Å²) in [6.07, 6.45) is -2.07. The molecule has 4 amide bonds. The molecule has 78 valence electrons. The molecule has 3 N–H and O–H groups in total. The third-order valence-electron chi connectivity index (χ3n) is 1.65. The molecule has 1 saturated heterocycles. The Bertz CT molecular complexity index is 282. The Morgan fingerprint density at radius 1 is 1.71 bits per heavy atom. The van der Waals surface area contributed by atoms with Crippen molar-refractivity contribution >= 4 is 40.6 Å². The minimum Gasteiger partial charge on any atom is -0.465 e. The van der Waals surface area contributed by atoms with Crippen LogP contribution in [-0.2, 0) is 4.79 Å². The van der Waals surface area contributed by atoms with E-state index in [1.165, 1.54) is 0 Å². The summed E-state index contributed by atoms with van der Waals surface area (Å²) in [5.74, 6) is -0.417. The molecule has 8 heteroatoms. The number of urea groups is 1. The Kier molecular flexibility index (Phi) is 3.49. The van der Waals surface area contributed by atoms with Crippen LogP contribution in [0.2, 0.25) is 0 Å². The van der Waals surface area contributed by atoms with Gasteiger partial charge in [0.05, 0.1) is 11.0 Å². The van der Waals surface area contributed by atoms with E-state index >= 15 is 0 Å². The molecule has 0 aromatic rings. The summed E-state index contributed by atoms with van der Waals surface area (Å²) < 4.78 is 0.128. The topological polar surface area (TPSA) is 98.7 Å². The molecule has 0 aromatic heterocycles. The largest absolute Gasteiger partial charge is 0.465 e. The molecule has 0 radical (unpaired) electrons. The molecule has 0 aliphatic carbocycles. The van der Waals surface area contributed by atoms with E-state index in [0.29, 0.717) is 0 Å². The van der Waals surface area contributed by atoms with E-state index in [1.807, 2.05) is 22.6 Å². The van der Waals surface area contributed by atoms with Gasteiger partial charge in [0.15, 0.2) is 0 Å². The van der Waals surface area contributed by atoms with Gasteiger partial charge >= 0.3 is 12.1 Å². The van der Waals surface area contributed by atoms with Crippen molar-refractivity contribution in [3.8, 4) is 0 Å². The van der Waals surface area contributed by atoms with Gasteiger partial charge in [-0.25, -0.2) is 14.5 Å². The van der Waals surface area contributed by atoms with Gasteiger partial charge in [0.1, 0.15) is 6.17 Å². The zero-order valence-corrected chi connectivity index (χ0v) is 9.15. The van der Waals surface area contributed by atoms with Gasteiger partial charge in [-0.2, -0.15) is 0 Å². The predicted octanol–water partition coefficient (Wildman–Crippen LogP) is -0.433. The Labute approximate surface area is 93.0 Å². The number of alkyl halides is 1. The SMILES string of the molecule is O=C(O)NC1CNC(=O)N1C(=O)CI. The molecule has 1 unspecified atom stereocenters. The second kappa shape index (κ2) is 4.44. The van der Waals surface area contributed by atoms with Gasteiger partial charge in [-0.05, 0) is 0 Å². The van der Waals surface area contributed by atoms with Crippen LogP contribution < -0.4 is 10.6 Å². The van der Waals surface area contributed by atoms with Crippen LogP contribution in [0, 0.1) is 0 Å². The van der Waals surface area contributed by atoms with E-state index in [2.05, 4.69) is 10.6 Å². The fourth-order valence-corrected chi connectivity index (χ4v) is 1.48. The van der Waals surface area contributed by atoms with Gasteiger partial charge < -0.3 is 10.4 Å². The van der Waals surface area contributed by atoms with Gasteiger partial charge in [-0.15, -0.1) is 0 Å². The molecule has 7 nitrogen and oxygen atoms in total. The molecule has 0 bridgehead atoms. The number of hydrogen-bond acceptors (Lipinski definition) is 3. The second-order valence-electron chi connectivity index (χ2n) is 2.55. The Hall–Kier alpha value is -1.06. The van der Waals surface area contributed by atoms with Crippen LogP contribution in [0.3, 0.4) is 0 Å². The van der Waals surface area contributed by atoms with Crippen LogP contribution in [0.15, 0.2) is 0 Å². The van der Waals surface area contributed by atoms with Crippen molar-refractivity contribution in [3.63, 3.8) is 0 Å². The first-order valence-corrected chi connectivity index (χ1v) is 5.24. The number of rotatable bonds is 2. The number of nitrogens with zero attached hydrogens (tertiary/aromatic N) is 1. The fourth-order valence-electron chi connectivity index (χ4n) is 1.11. The number of nitrogens with one attached hydrogen (secondary N) is 2. The smallest absolute Gasteiger partial charge is 0.406 e. The maximum atomic E-state index is 11.2. The average Bonchev–Trinajstić information content (AvgIpc) is 2.45. The third kappa shape index (κ3) is 2.25. The van der Waals surface area contributed by atoms with E-state index < -0.39 is 24.2 Å². The Balaban J connectivity index is 2.71. The molecule has 0 aromatic carbocycles. The summed E-state index contributed by atoms with van der Waals surface area (Å²) in [5.41, 5.74) is 0. The molecule has 1 rings (SSSR count). The molecule has 1 atom stereocenters. The van der Waals surface area contributed by atoms with Crippen molar-refractivity contribution in [2.24, 2.45) is 0 Å². The van der Waals surface area contributed by atoms with Gasteiger partial charge in [0.25, 0.3) is 0 Å². The lowest BCUT2D eigenvalue weighted by Gasteiger charge is -2.19. The van der Waals surface area contributed by atoms with Crippen molar-refractivity contribution < 1.29 is 19.5 Å². The zero-order chi connectivity index (χ0) is 10.7. The number of hydrogen-bond donors (Lipinski definition) is 3. The molecule has 1 fully saturated rings. The van der Waals surface area contributed by atoms with Crippen LogP contribution in [0.1, 0.15) is 0 Å². The summed E-state index contributed by atoms with van der Waals surface area (Å²) in [6, 6.07) is -0.564. The molecule has 1 aliphatic heterocycles. The van der Waals surface area contributed by atoms with Gasteiger partial charge in [-0.3, -0.25) is 10.1 Å². The Morgan fingerprint density at radius 3 is 2.86 bits per heavy atom. The van der Waals surface area contributed by atoms with Crippen molar-refractivity contribution in [1.29, 1.82) is 0 Å². The maximum Gasteiger partial charge on any atom is 0.406 e. The van der Waals surface area contributed by atoms with Gasteiger partial charge in [0.2, 0.25) is 5.91 Å². The van der Waals surface area contributed by atoms with E-state index in [4.69, 9.17) is 5.11 Å². The lowest BCUT2D eigenvalue weighted by Crippen LogP contribution is -2.49. The lowest BCUT2D eigenvalue weighted by atomic mass is 10.4. The summed E-state index contributed by atoms with van der Waals surface area (Å²) in [5, 5.41) is 12.9. The standard InChI is InChI=1S/C6H8IN3O4/c7-1-4(11)10-3(9-6(13)14)2-8-5(10)12/h3,9H,1-2H2,(H,8,12)(H,13,14). The molecule has 14 heavy (non-hydrogen) atoms. The van der Waals surface area contributed by atoms with Crippen LogP contribution in [-0.4, -0.2) is 45.2 Å². The summed E-state index contributed by atoms with van der Waals surface area (Å²) in [6.45, 7) is 0.105. The highest BCUT2D eigenvalue weighted by Crippen LogP contribution is 2.06. The minimum absolute atomic E-state index is 0.105. The third-order valence-corrected chi connectivity index (χ3v) is 2.30. The van der Waals surface area contributed by atoms with Crippen LogP contribution >= 0.6 is 22.6 Å². The normalized spacial score (nSPS) is 20.5. The summed E-state index contributed by atoms with van der Waals surface area (Å²) >= 11 is 1.81. The number of carboxylic acid groups (broad SMARTS) is 1. The molecule has 0 saturated carbocycles. The first kappa shape index (κ1) is 11.0. The molecular weight excluding hydrogens is 305 g/mol. The predicted molar refractivity (Wildman–Crippen MR) is 54.1 cm³/mol.